The first-order valence-electron chi connectivity index (χ1n) is 16.1. The third-order valence-corrected chi connectivity index (χ3v) is 9.70. The van der Waals surface area contributed by atoms with E-state index in [1.807, 2.05) is 38.2 Å². The molecule has 0 unspecified atom stereocenters. The van der Waals surface area contributed by atoms with Crippen molar-refractivity contribution >= 4 is 23.9 Å². The molecule has 3 heterocycles. The van der Waals surface area contributed by atoms with Crippen molar-refractivity contribution in [2.75, 3.05) is 0 Å². The van der Waals surface area contributed by atoms with Gasteiger partial charge in [-0.3, -0.25) is 9.59 Å². The van der Waals surface area contributed by atoms with E-state index in [9.17, 15) is 24.3 Å². The minimum Gasteiger partial charge on any atom is -0.460 e. The molecule has 1 spiro atoms. The summed E-state index contributed by atoms with van der Waals surface area (Å²) in [5.74, 6) is -5.71. The van der Waals surface area contributed by atoms with E-state index in [4.69, 9.17) is 18.9 Å². The smallest absolute Gasteiger partial charge is 0.343 e. The Morgan fingerprint density at radius 3 is 2.52 bits per heavy atom. The zero-order chi connectivity index (χ0) is 31.9. The third kappa shape index (κ3) is 5.73. The van der Waals surface area contributed by atoms with Crippen LogP contribution in [0.4, 0.5) is 0 Å². The molecule has 2 fully saturated rings. The maximum absolute atomic E-state index is 14.1. The van der Waals surface area contributed by atoms with Crippen LogP contribution in [-0.2, 0) is 38.1 Å². The number of rotatable bonds is 12. The van der Waals surface area contributed by atoms with Gasteiger partial charge in [-0.15, -0.1) is 0 Å². The lowest BCUT2D eigenvalue weighted by atomic mass is 9.59. The van der Waals surface area contributed by atoms with E-state index >= 15 is 0 Å². The van der Waals surface area contributed by atoms with Gasteiger partial charge in [0.1, 0.15) is 11.0 Å². The Bertz CT molecular complexity index is 1310. The molecule has 7 atom stereocenters. The van der Waals surface area contributed by atoms with Crippen LogP contribution in [0.2, 0.25) is 0 Å². The lowest BCUT2D eigenvalue weighted by molar-refractivity contribution is -0.287. The third-order valence-electron chi connectivity index (χ3n) is 9.70. The fourth-order valence-corrected chi connectivity index (χ4v) is 7.90. The van der Waals surface area contributed by atoms with Crippen LogP contribution in [0.15, 0.2) is 47.1 Å². The Kier molecular flexibility index (Phi) is 9.11. The number of aliphatic hydroxyl groups excluding tert-OH is 1. The van der Waals surface area contributed by atoms with Crippen molar-refractivity contribution in [3.8, 4) is 0 Å². The summed E-state index contributed by atoms with van der Waals surface area (Å²) in [7, 11) is 0. The zero-order valence-electron chi connectivity index (χ0n) is 26.6. The van der Waals surface area contributed by atoms with E-state index < -0.39 is 58.8 Å². The minimum atomic E-state index is -1.72. The molecule has 9 heteroatoms. The Labute approximate surface area is 259 Å². The van der Waals surface area contributed by atoms with Crippen molar-refractivity contribution in [1.82, 2.24) is 0 Å². The van der Waals surface area contributed by atoms with Gasteiger partial charge in [0.05, 0.1) is 35.7 Å². The predicted octanol–water partition coefficient (Wildman–Crippen LogP) is 5.56. The number of allylic oxidation sites excluding steroid dienone is 5. The van der Waals surface area contributed by atoms with Crippen molar-refractivity contribution < 1.29 is 43.2 Å². The van der Waals surface area contributed by atoms with Gasteiger partial charge in [-0.25, -0.2) is 9.59 Å². The highest BCUT2D eigenvalue weighted by Crippen LogP contribution is 2.67. The first-order chi connectivity index (χ1) is 20.9. The largest absolute Gasteiger partial charge is 0.460 e. The lowest BCUT2D eigenvalue weighted by Gasteiger charge is -2.53. The molecule has 5 rings (SSSR count). The molecule has 3 aliphatic heterocycles. The van der Waals surface area contributed by atoms with Crippen LogP contribution < -0.4 is 0 Å². The summed E-state index contributed by atoms with van der Waals surface area (Å²) in [5.41, 5.74) is -1.64. The van der Waals surface area contributed by atoms with Crippen LogP contribution in [0.3, 0.4) is 0 Å². The Balaban J connectivity index is 1.61. The molecule has 2 aliphatic carbocycles. The molecule has 0 aromatic carbocycles. The summed E-state index contributed by atoms with van der Waals surface area (Å²) in [6.45, 7) is 9.16. The first kappa shape index (κ1) is 32.4. The molecular weight excluding hydrogens is 564 g/mol. The Morgan fingerprint density at radius 1 is 1.09 bits per heavy atom. The zero-order valence-corrected chi connectivity index (χ0v) is 26.6. The molecule has 0 amide bonds. The normalized spacial score (nSPS) is 33.3. The molecular formula is C35H46O9. The Morgan fingerprint density at radius 2 is 1.82 bits per heavy atom. The van der Waals surface area contributed by atoms with Gasteiger partial charge in [0.25, 0.3) is 0 Å². The minimum absolute atomic E-state index is 0.0955. The van der Waals surface area contributed by atoms with Crippen LogP contribution in [-0.4, -0.2) is 52.6 Å². The van der Waals surface area contributed by atoms with Gasteiger partial charge < -0.3 is 24.1 Å². The number of unbranched alkanes of at least 4 members (excludes halogenated alkanes) is 3. The topological polar surface area (TPSA) is 125 Å². The highest BCUT2D eigenvalue weighted by Gasteiger charge is 2.75. The second-order valence-corrected chi connectivity index (χ2v) is 13.8. The monoisotopic (exact) mass is 610 g/mol. The van der Waals surface area contributed by atoms with Crippen molar-refractivity contribution in [2.24, 2.45) is 23.2 Å². The molecule has 0 saturated carbocycles. The van der Waals surface area contributed by atoms with E-state index in [0.717, 1.165) is 32.1 Å². The van der Waals surface area contributed by atoms with Gasteiger partial charge in [0, 0.05) is 12.0 Å². The number of ether oxygens (including phenoxy) is 4. The van der Waals surface area contributed by atoms with Crippen LogP contribution >= 0.6 is 0 Å². The van der Waals surface area contributed by atoms with Crippen molar-refractivity contribution in [3.63, 3.8) is 0 Å². The first-order valence-corrected chi connectivity index (χ1v) is 16.1. The second-order valence-electron chi connectivity index (χ2n) is 13.8. The van der Waals surface area contributed by atoms with E-state index in [2.05, 4.69) is 6.08 Å². The van der Waals surface area contributed by atoms with Gasteiger partial charge in [-0.2, -0.15) is 0 Å². The highest BCUT2D eigenvalue weighted by molar-refractivity contribution is 6.14. The second kappa shape index (κ2) is 12.4. The van der Waals surface area contributed by atoms with Gasteiger partial charge >= 0.3 is 23.9 Å². The van der Waals surface area contributed by atoms with Gasteiger partial charge in [-0.05, 0) is 85.0 Å². The van der Waals surface area contributed by atoms with E-state index in [1.54, 1.807) is 20.8 Å². The van der Waals surface area contributed by atoms with Gasteiger partial charge in [0.15, 0.2) is 0 Å². The average molecular weight is 611 g/mol. The summed E-state index contributed by atoms with van der Waals surface area (Å²) in [5, 5.41) is 11.3. The quantitative estimate of drug-likeness (QED) is 0.0993. The van der Waals surface area contributed by atoms with Crippen molar-refractivity contribution in [1.29, 1.82) is 0 Å². The summed E-state index contributed by atoms with van der Waals surface area (Å²) in [6, 6.07) is 0. The van der Waals surface area contributed by atoms with E-state index in [1.165, 1.54) is 0 Å². The number of esters is 4. The van der Waals surface area contributed by atoms with E-state index in [0.29, 0.717) is 24.8 Å². The van der Waals surface area contributed by atoms with Crippen LogP contribution in [0.5, 0.6) is 0 Å². The molecule has 0 aromatic rings. The summed E-state index contributed by atoms with van der Waals surface area (Å²) in [4.78, 5) is 54.0. The summed E-state index contributed by atoms with van der Waals surface area (Å²) < 4.78 is 23.7. The van der Waals surface area contributed by atoms with Crippen LogP contribution in [0, 0.1) is 23.2 Å². The Hall–Kier alpha value is -3.04. The number of cyclic esters (lactones) is 2. The van der Waals surface area contributed by atoms with Crippen LogP contribution in [0.1, 0.15) is 98.8 Å². The number of hydrogen-bond acceptors (Lipinski definition) is 9. The molecule has 0 aromatic heterocycles. The van der Waals surface area contributed by atoms with Gasteiger partial charge in [-0.1, -0.05) is 43.2 Å². The molecule has 44 heavy (non-hydrogen) atoms. The lowest BCUT2D eigenvalue weighted by Crippen LogP contribution is -2.60. The fourth-order valence-electron chi connectivity index (χ4n) is 7.90. The maximum atomic E-state index is 14.1. The SMILES string of the molecule is C/C=C/CCCCC[C@H]1C=C2[C@@]3(CC(=O)OC(C)(C)C)CC4=C(C(=O)OC4=O)[C@H]4[C@@H]1C[C@@H]([C@@H](O)CC/C=C/C)O[C@]24OC3=O. The molecule has 5 aliphatic rings. The van der Waals surface area contributed by atoms with Crippen molar-refractivity contribution in [2.45, 2.75) is 122 Å². The molecule has 5 bridgehead atoms. The molecule has 0 radical (unpaired) electrons. The number of aliphatic hydroxyl groups is 1. The summed E-state index contributed by atoms with van der Waals surface area (Å²) in [6.07, 6.45) is 14.3. The maximum Gasteiger partial charge on any atom is 0.343 e. The molecule has 2 saturated heterocycles. The fraction of sp³-hybridized carbons (Fsp3) is 0.657. The standard InChI is InChI=1S/C35H46O9/c1-6-8-10-11-12-14-15-21-17-26-34(20-27(37)43-33(3,4)5)19-23-28(31(39)41-30(23)38)29-22(21)18-25(24(36)16-13-9-7-2)42-35(26,29)44-32(34)40/h6-9,17,21-22,24-25,29,36H,10-16,18-20H2,1-5H3/b8-6+,9-7+/t21-,22+,24-,25-,29+,34-,35-/m0/s1. The van der Waals surface area contributed by atoms with Crippen molar-refractivity contribution in [3.05, 3.63) is 47.1 Å². The molecule has 240 valence electrons. The number of carbonyl (C=O) groups is 4. The van der Waals surface area contributed by atoms with E-state index in [-0.39, 0.29) is 35.8 Å². The average Bonchev–Trinajstić information content (AvgIpc) is 3.29. The highest BCUT2D eigenvalue weighted by atomic mass is 16.7. The predicted molar refractivity (Wildman–Crippen MR) is 160 cm³/mol. The van der Waals surface area contributed by atoms with Crippen LogP contribution in [0.25, 0.3) is 0 Å². The molecule has 1 N–H and O–H groups in total. The number of carbonyl (C=O) groups excluding carboxylic acids is 4. The number of hydrogen-bond donors (Lipinski definition) is 1. The molecule has 9 nitrogen and oxygen atoms in total. The summed E-state index contributed by atoms with van der Waals surface area (Å²) >= 11 is 0. The van der Waals surface area contributed by atoms with Gasteiger partial charge in [0.2, 0.25) is 5.79 Å².